The van der Waals surface area contributed by atoms with E-state index in [1.807, 2.05) is 13.0 Å². The van der Waals surface area contributed by atoms with Crippen molar-refractivity contribution >= 4 is 72.7 Å². The van der Waals surface area contributed by atoms with Crippen molar-refractivity contribution in [2.45, 2.75) is 13.5 Å². The van der Waals surface area contributed by atoms with Crippen molar-refractivity contribution in [3.05, 3.63) is 90.3 Å². The number of benzene rings is 3. The number of nitrogens with zero attached hydrogens (tertiary/aromatic N) is 1. The summed E-state index contributed by atoms with van der Waals surface area (Å²) in [5.74, 6) is 0.740. The lowest BCUT2D eigenvalue weighted by Crippen LogP contribution is -2.13. The molecule has 3 aromatic carbocycles. The van der Waals surface area contributed by atoms with Crippen LogP contribution < -0.4 is 14.8 Å². The standard InChI is InChI=1S/C25H18Br2Cl2N2O3/c1-2-33-20-7-5-19(6-8-20)31-25(32)17(13-30)9-15-10-21(26)24(22(27)11-15)34-14-16-3-4-18(28)12-23(16)29/h3-12H,2,14H2,1H3,(H,31,32)/b17-9-. The van der Waals surface area contributed by atoms with Crippen molar-refractivity contribution in [2.24, 2.45) is 0 Å². The van der Waals surface area contributed by atoms with E-state index in [2.05, 4.69) is 37.2 Å². The molecule has 174 valence electrons. The van der Waals surface area contributed by atoms with E-state index < -0.39 is 5.91 Å². The fraction of sp³-hybridized carbons (Fsp3) is 0.120. The van der Waals surface area contributed by atoms with Crippen molar-refractivity contribution < 1.29 is 14.3 Å². The second kappa shape index (κ2) is 12.3. The monoisotopic (exact) mass is 622 g/mol. The van der Waals surface area contributed by atoms with Crippen LogP contribution in [0.5, 0.6) is 11.5 Å². The summed E-state index contributed by atoms with van der Waals surface area (Å²) in [6.45, 7) is 2.68. The topological polar surface area (TPSA) is 71.3 Å². The van der Waals surface area contributed by atoms with Gasteiger partial charge in [-0.3, -0.25) is 4.79 Å². The van der Waals surface area contributed by atoms with Crippen LogP contribution in [0.2, 0.25) is 10.0 Å². The van der Waals surface area contributed by atoms with Gasteiger partial charge in [-0.15, -0.1) is 0 Å². The van der Waals surface area contributed by atoms with Gasteiger partial charge in [-0.2, -0.15) is 5.26 Å². The van der Waals surface area contributed by atoms with Gasteiger partial charge in [-0.05, 0) is 99.0 Å². The van der Waals surface area contributed by atoms with Crippen LogP contribution in [0.15, 0.2) is 69.1 Å². The van der Waals surface area contributed by atoms with Gasteiger partial charge in [0.25, 0.3) is 5.91 Å². The molecule has 1 amide bonds. The van der Waals surface area contributed by atoms with E-state index in [4.69, 9.17) is 32.7 Å². The maximum atomic E-state index is 12.6. The van der Waals surface area contributed by atoms with Crippen LogP contribution in [0.4, 0.5) is 5.69 Å². The molecular formula is C25H18Br2Cl2N2O3. The molecule has 3 aromatic rings. The van der Waals surface area contributed by atoms with E-state index in [1.54, 1.807) is 54.6 Å². The third kappa shape index (κ3) is 7.00. The molecule has 0 bridgehead atoms. The Hall–Kier alpha value is -2.50. The highest BCUT2D eigenvalue weighted by atomic mass is 79.9. The van der Waals surface area contributed by atoms with Gasteiger partial charge < -0.3 is 14.8 Å². The molecule has 5 nitrogen and oxygen atoms in total. The predicted molar refractivity (Wildman–Crippen MR) is 142 cm³/mol. The SMILES string of the molecule is CCOc1ccc(NC(=O)/C(C#N)=C\c2cc(Br)c(OCc3ccc(Cl)cc3Cl)c(Br)c2)cc1. The van der Waals surface area contributed by atoms with Crippen LogP contribution in [0, 0.1) is 11.3 Å². The molecule has 0 unspecified atom stereocenters. The number of carbonyl (C=O) groups is 1. The highest BCUT2D eigenvalue weighted by molar-refractivity contribution is 9.11. The zero-order valence-electron chi connectivity index (χ0n) is 17.9. The fourth-order valence-electron chi connectivity index (χ4n) is 2.90. The van der Waals surface area contributed by atoms with Crippen molar-refractivity contribution in [1.29, 1.82) is 5.26 Å². The fourth-order valence-corrected chi connectivity index (χ4v) is 4.82. The van der Waals surface area contributed by atoms with Crippen LogP contribution in [0.25, 0.3) is 6.08 Å². The summed E-state index contributed by atoms with van der Waals surface area (Å²) in [5.41, 5.74) is 1.93. The zero-order chi connectivity index (χ0) is 24.7. The van der Waals surface area contributed by atoms with Gasteiger partial charge in [0.2, 0.25) is 0 Å². The van der Waals surface area contributed by atoms with Crippen LogP contribution in [-0.2, 0) is 11.4 Å². The summed E-state index contributed by atoms with van der Waals surface area (Å²) in [6.07, 6.45) is 1.50. The van der Waals surface area contributed by atoms with E-state index in [1.165, 1.54) is 6.08 Å². The van der Waals surface area contributed by atoms with E-state index in [0.717, 1.165) is 5.56 Å². The predicted octanol–water partition coefficient (Wildman–Crippen LogP) is 8.04. The first-order valence-corrected chi connectivity index (χ1v) is 12.4. The van der Waals surface area contributed by atoms with Gasteiger partial charge in [0.05, 0.1) is 15.6 Å². The molecule has 0 heterocycles. The van der Waals surface area contributed by atoms with Crippen molar-refractivity contribution in [3.63, 3.8) is 0 Å². The largest absolute Gasteiger partial charge is 0.494 e. The molecule has 9 heteroatoms. The second-order valence-corrected chi connectivity index (χ2v) is 9.47. The Balaban J connectivity index is 1.74. The number of carbonyl (C=O) groups excluding carboxylic acids is 1. The van der Waals surface area contributed by atoms with Crippen LogP contribution >= 0.6 is 55.1 Å². The number of rotatable bonds is 8. The Kier molecular flexibility index (Phi) is 9.43. The van der Waals surface area contributed by atoms with E-state index in [-0.39, 0.29) is 12.2 Å². The molecule has 0 atom stereocenters. The molecule has 0 aliphatic rings. The summed E-state index contributed by atoms with van der Waals surface area (Å²) in [7, 11) is 0. The van der Waals surface area contributed by atoms with E-state index in [9.17, 15) is 10.1 Å². The van der Waals surface area contributed by atoms with E-state index in [0.29, 0.717) is 48.3 Å². The third-order valence-corrected chi connectivity index (χ3v) is 6.27. The van der Waals surface area contributed by atoms with Crippen LogP contribution in [0.1, 0.15) is 18.1 Å². The molecular weight excluding hydrogens is 607 g/mol. The lowest BCUT2D eigenvalue weighted by atomic mass is 10.1. The summed E-state index contributed by atoms with van der Waals surface area (Å²) < 4.78 is 12.6. The molecule has 0 fully saturated rings. The lowest BCUT2D eigenvalue weighted by Gasteiger charge is -2.13. The quantitative estimate of drug-likeness (QED) is 0.203. The molecule has 3 rings (SSSR count). The van der Waals surface area contributed by atoms with Gasteiger partial charge in [0, 0.05) is 21.3 Å². The van der Waals surface area contributed by atoms with Gasteiger partial charge in [0.15, 0.2) is 0 Å². The van der Waals surface area contributed by atoms with Crippen LogP contribution in [-0.4, -0.2) is 12.5 Å². The minimum atomic E-state index is -0.517. The first kappa shape index (κ1) is 26.1. The summed E-state index contributed by atoms with van der Waals surface area (Å²) in [5, 5.41) is 13.3. The number of nitrogens with one attached hydrogen (secondary N) is 1. The average Bonchev–Trinajstić information content (AvgIpc) is 2.79. The minimum Gasteiger partial charge on any atom is -0.494 e. The Labute approximate surface area is 224 Å². The van der Waals surface area contributed by atoms with Crippen molar-refractivity contribution in [3.8, 4) is 17.6 Å². The molecule has 34 heavy (non-hydrogen) atoms. The maximum absolute atomic E-state index is 12.6. The van der Waals surface area contributed by atoms with E-state index >= 15 is 0 Å². The molecule has 0 aromatic heterocycles. The normalized spacial score (nSPS) is 11.0. The van der Waals surface area contributed by atoms with Gasteiger partial charge in [-0.1, -0.05) is 29.3 Å². The summed E-state index contributed by atoms with van der Waals surface area (Å²) in [6, 6.07) is 17.6. The lowest BCUT2D eigenvalue weighted by molar-refractivity contribution is -0.112. The van der Waals surface area contributed by atoms with Gasteiger partial charge in [-0.25, -0.2) is 0 Å². The smallest absolute Gasteiger partial charge is 0.266 e. The number of hydrogen-bond donors (Lipinski definition) is 1. The third-order valence-electron chi connectivity index (χ3n) is 4.51. The minimum absolute atomic E-state index is 0.0469. The molecule has 0 radical (unpaired) electrons. The summed E-state index contributed by atoms with van der Waals surface area (Å²) in [4.78, 5) is 12.6. The Bertz CT molecular complexity index is 1250. The first-order valence-electron chi connectivity index (χ1n) is 10.0. The number of ether oxygens (including phenoxy) is 2. The number of anilines is 1. The Morgan fingerprint density at radius 1 is 1.06 bits per heavy atom. The Morgan fingerprint density at radius 2 is 1.74 bits per heavy atom. The molecule has 1 N–H and O–H groups in total. The van der Waals surface area contributed by atoms with Crippen molar-refractivity contribution in [2.75, 3.05) is 11.9 Å². The molecule has 0 saturated heterocycles. The number of hydrogen-bond acceptors (Lipinski definition) is 4. The van der Waals surface area contributed by atoms with Gasteiger partial charge >= 0.3 is 0 Å². The van der Waals surface area contributed by atoms with Crippen molar-refractivity contribution in [1.82, 2.24) is 0 Å². The zero-order valence-corrected chi connectivity index (χ0v) is 22.6. The Morgan fingerprint density at radius 3 is 2.32 bits per heavy atom. The molecule has 0 saturated carbocycles. The highest BCUT2D eigenvalue weighted by Crippen LogP contribution is 2.36. The van der Waals surface area contributed by atoms with Gasteiger partial charge in [0.1, 0.15) is 29.7 Å². The number of amides is 1. The number of nitriles is 1. The second-order valence-electron chi connectivity index (χ2n) is 6.92. The first-order chi connectivity index (χ1) is 16.3. The number of halogens is 4. The maximum Gasteiger partial charge on any atom is 0.266 e. The molecule has 0 aliphatic heterocycles. The average molecular weight is 625 g/mol. The highest BCUT2D eigenvalue weighted by Gasteiger charge is 2.13. The molecule has 0 spiro atoms. The molecule has 0 aliphatic carbocycles. The van der Waals surface area contributed by atoms with Crippen LogP contribution in [0.3, 0.4) is 0 Å². The summed E-state index contributed by atoms with van der Waals surface area (Å²) >= 11 is 19.1.